The molecular weight excluding hydrogens is 318 g/mol. The molecule has 1 heterocycles. The van der Waals surface area contributed by atoms with Crippen molar-refractivity contribution in [2.75, 3.05) is 0 Å². The summed E-state index contributed by atoms with van der Waals surface area (Å²) < 4.78 is 0. The van der Waals surface area contributed by atoms with Gasteiger partial charge in [-0.2, -0.15) is 5.10 Å². The summed E-state index contributed by atoms with van der Waals surface area (Å²) in [5, 5.41) is 16.4. The normalized spacial score (nSPS) is 14.2. The van der Waals surface area contributed by atoms with Gasteiger partial charge in [0.05, 0.1) is 10.5 Å². The molecule has 1 aliphatic carbocycles. The molecule has 1 aliphatic rings. The Balaban J connectivity index is 2.14. The van der Waals surface area contributed by atoms with Crippen molar-refractivity contribution in [1.82, 2.24) is 5.43 Å². The third kappa shape index (κ3) is 2.40. The van der Waals surface area contributed by atoms with E-state index in [2.05, 4.69) is 10.5 Å². The molecule has 0 saturated carbocycles. The Kier molecular flexibility index (Phi) is 3.74. The van der Waals surface area contributed by atoms with Crippen LogP contribution in [0, 0.1) is 0 Å². The molecule has 0 unspecified atom stereocenters. The van der Waals surface area contributed by atoms with Crippen molar-refractivity contribution in [3.63, 3.8) is 0 Å². The zero-order valence-corrected chi connectivity index (χ0v) is 12.9. The van der Waals surface area contributed by atoms with Gasteiger partial charge in [0.25, 0.3) is 0 Å². The van der Waals surface area contributed by atoms with Crippen molar-refractivity contribution in [3.05, 3.63) is 63.4 Å². The number of nitrogens with zero attached hydrogens (tertiary/aromatic N) is 1. The summed E-state index contributed by atoms with van der Waals surface area (Å²) in [4.78, 5) is 13.3. The van der Waals surface area contributed by atoms with E-state index >= 15 is 0 Å². The van der Waals surface area contributed by atoms with Gasteiger partial charge in [0.1, 0.15) is 11.5 Å². The number of carbonyl (C=O) groups is 1. The van der Waals surface area contributed by atoms with Crippen LogP contribution in [0.3, 0.4) is 0 Å². The molecule has 0 spiro atoms. The molecule has 0 bridgehead atoms. The molecule has 0 atom stereocenters. The quantitative estimate of drug-likeness (QED) is 0.457. The lowest BCUT2D eigenvalue weighted by Gasteiger charge is -2.06. The van der Waals surface area contributed by atoms with E-state index in [1.807, 2.05) is 11.4 Å². The number of nitrogens with one attached hydrogen (secondary N) is 1. The van der Waals surface area contributed by atoms with Crippen molar-refractivity contribution >= 4 is 45.9 Å². The van der Waals surface area contributed by atoms with Crippen LogP contribution in [0.1, 0.15) is 20.8 Å². The first kappa shape index (κ1) is 14.4. The lowest BCUT2D eigenvalue weighted by Crippen LogP contribution is -2.26. The molecule has 1 aromatic heterocycles. The summed E-state index contributed by atoms with van der Waals surface area (Å²) in [6.45, 7) is 0. The van der Waals surface area contributed by atoms with E-state index in [4.69, 9.17) is 18.0 Å². The second-order valence-electron chi connectivity index (χ2n) is 4.51. The standard InChI is InChI=1S/C15H11N3O2S2/c16-15(21)18-17-12(10-6-3-7-22-10)11-13(19)8-4-1-2-5-9(8)14(11)20/h1-7,19H,(H3,16,18,21). The number of hydrazone groups is 1. The second-order valence-corrected chi connectivity index (χ2v) is 5.90. The highest BCUT2D eigenvalue weighted by molar-refractivity contribution is 7.80. The van der Waals surface area contributed by atoms with Gasteiger partial charge in [-0.3, -0.25) is 10.2 Å². The number of fused-ring (bicyclic) bond motifs is 1. The summed E-state index contributed by atoms with van der Waals surface area (Å²) in [6.07, 6.45) is 0. The molecule has 0 saturated heterocycles. The predicted octanol–water partition coefficient (Wildman–Crippen LogP) is 2.45. The number of ketones is 1. The number of aliphatic hydroxyl groups is 1. The van der Waals surface area contributed by atoms with Crippen molar-refractivity contribution in [2.45, 2.75) is 0 Å². The number of Topliss-reactive ketones (excluding diaryl/α,β-unsaturated/α-hetero) is 1. The highest BCUT2D eigenvalue weighted by Gasteiger charge is 2.33. The summed E-state index contributed by atoms with van der Waals surface area (Å²) in [5.41, 5.74) is 9.31. The Hall–Kier alpha value is -2.51. The average Bonchev–Trinajstić information content (AvgIpc) is 3.11. The van der Waals surface area contributed by atoms with E-state index in [1.165, 1.54) is 11.3 Å². The molecule has 5 nitrogen and oxygen atoms in total. The van der Waals surface area contributed by atoms with E-state index in [9.17, 15) is 9.90 Å². The fourth-order valence-electron chi connectivity index (χ4n) is 2.24. The average molecular weight is 329 g/mol. The smallest absolute Gasteiger partial charge is 0.199 e. The topological polar surface area (TPSA) is 87.7 Å². The zero-order chi connectivity index (χ0) is 15.7. The number of rotatable bonds is 3. The number of allylic oxidation sites excluding steroid dienone is 1. The summed E-state index contributed by atoms with van der Waals surface area (Å²) in [5.74, 6) is -0.359. The van der Waals surface area contributed by atoms with Gasteiger partial charge in [-0.05, 0) is 23.7 Å². The molecule has 3 rings (SSSR count). The monoisotopic (exact) mass is 329 g/mol. The number of benzene rings is 1. The molecule has 0 radical (unpaired) electrons. The molecule has 0 amide bonds. The van der Waals surface area contributed by atoms with E-state index in [-0.39, 0.29) is 22.2 Å². The van der Waals surface area contributed by atoms with Crippen molar-refractivity contribution in [3.8, 4) is 0 Å². The van der Waals surface area contributed by atoms with Crippen LogP contribution in [0.25, 0.3) is 5.76 Å². The van der Waals surface area contributed by atoms with Crippen molar-refractivity contribution < 1.29 is 9.90 Å². The van der Waals surface area contributed by atoms with Crippen LogP contribution in [-0.2, 0) is 0 Å². The third-order valence-corrected chi connectivity index (χ3v) is 4.13. The fraction of sp³-hybridized carbons (Fsp3) is 0. The van der Waals surface area contributed by atoms with Crippen LogP contribution in [0.5, 0.6) is 0 Å². The van der Waals surface area contributed by atoms with Gasteiger partial charge in [-0.15, -0.1) is 11.3 Å². The molecule has 0 aliphatic heterocycles. The first-order valence-corrected chi connectivity index (χ1v) is 7.63. The summed E-state index contributed by atoms with van der Waals surface area (Å²) in [7, 11) is 0. The SMILES string of the molecule is NC(=S)NN=C(C1=C(O)c2ccccc2C1=O)c1cccs1. The predicted molar refractivity (Wildman–Crippen MR) is 91.1 cm³/mol. The maximum absolute atomic E-state index is 12.6. The van der Waals surface area contributed by atoms with Gasteiger partial charge in [0, 0.05) is 11.1 Å². The maximum atomic E-state index is 12.6. The molecule has 1 aromatic carbocycles. The van der Waals surface area contributed by atoms with Crippen LogP contribution in [0.2, 0.25) is 0 Å². The fourth-order valence-corrected chi connectivity index (χ4v) is 3.01. The van der Waals surface area contributed by atoms with Gasteiger partial charge in [0.15, 0.2) is 10.9 Å². The number of thiophene rings is 1. The van der Waals surface area contributed by atoms with Gasteiger partial charge >= 0.3 is 0 Å². The van der Waals surface area contributed by atoms with Crippen LogP contribution >= 0.6 is 23.6 Å². The minimum atomic E-state index is -0.273. The number of thiocarbonyl (C=S) groups is 1. The van der Waals surface area contributed by atoms with Crippen LogP contribution in [0.4, 0.5) is 0 Å². The third-order valence-electron chi connectivity index (χ3n) is 3.16. The Morgan fingerprint density at radius 3 is 2.55 bits per heavy atom. The molecule has 110 valence electrons. The molecule has 0 fully saturated rings. The first-order chi connectivity index (χ1) is 10.6. The van der Waals surface area contributed by atoms with Gasteiger partial charge in [-0.25, -0.2) is 0 Å². The summed E-state index contributed by atoms with van der Waals surface area (Å²) >= 11 is 6.15. The number of nitrogens with two attached hydrogens (primary N) is 1. The van der Waals surface area contributed by atoms with E-state index < -0.39 is 0 Å². The zero-order valence-electron chi connectivity index (χ0n) is 11.2. The van der Waals surface area contributed by atoms with E-state index in [0.29, 0.717) is 16.8 Å². The van der Waals surface area contributed by atoms with E-state index in [0.717, 1.165) is 4.88 Å². The number of hydrogen-bond donors (Lipinski definition) is 3. The number of aliphatic hydroxyl groups excluding tert-OH is 1. The summed E-state index contributed by atoms with van der Waals surface area (Å²) in [6, 6.07) is 10.5. The molecule has 4 N–H and O–H groups in total. The first-order valence-electron chi connectivity index (χ1n) is 6.34. The van der Waals surface area contributed by atoms with Crippen LogP contribution in [0.15, 0.2) is 52.5 Å². The van der Waals surface area contributed by atoms with E-state index in [1.54, 1.807) is 30.3 Å². The van der Waals surface area contributed by atoms with Gasteiger partial charge < -0.3 is 10.8 Å². The van der Waals surface area contributed by atoms with Gasteiger partial charge in [-0.1, -0.05) is 30.3 Å². The lowest BCUT2D eigenvalue weighted by molar-refractivity contribution is 0.104. The van der Waals surface area contributed by atoms with Crippen molar-refractivity contribution in [2.24, 2.45) is 10.8 Å². The molecule has 2 aromatic rings. The minimum Gasteiger partial charge on any atom is -0.506 e. The Labute approximate surface area is 135 Å². The highest BCUT2D eigenvalue weighted by atomic mass is 32.1. The lowest BCUT2D eigenvalue weighted by atomic mass is 10.0. The molecule has 22 heavy (non-hydrogen) atoms. The minimum absolute atomic E-state index is 0.0166. The largest absolute Gasteiger partial charge is 0.506 e. The van der Waals surface area contributed by atoms with Crippen LogP contribution < -0.4 is 11.2 Å². The van der Waals surface area contributed by atoms with Gasteiger partial charge in [0.2, 0.25) is 0 Å². The Morgan fingerprint density at radius 1 is 1.23 bits per heavy atom. The van der Waals surface area contributed by atoms with Crippen LogP contribution in [-0.4, -0.2) is 21.7 Å². The number of carbonyl (C=O) groups excluding carboxylic acids is 1. The Morgan fingerprint density at radius 2 is 1.95 bits per heavy atom. The second kappa shape index (κ2) is 5.70. The maximum Gasteiger partial charge on any atom is 0.199 e. The number of hydrogen-bond acceptors (Lipinski definition) is 5. The highest BCUT2D eigenvalue weighted by Crippen LogP contribution is 2.33. The van der Waals surface area contributed by atoms with Crippen molar-refractivity contribution in [1.29, 1.82) is 0 Å². The molecular formula is C15H11N3O2S2. The Bertz CT molecular complexity index is 823. The molecule has 7 heteroatoms.